The van der Waals surface area contributed by atoms with Crippen molar-refractivity contribution >= 4 is 5.69 Å². The molecule has 0 bridgehead atoms. The van der Waals surface area contributed by atoms with Gasteiger partial charge < -0.3 is 10.5 Å². The van der Waals surface area contributed by atoms with Crippen molar-refractivity contribution in [3.63, 3.8) is 0 Å². The summed E-state index contributed by atoms with van der Waals surface area (Å²) in [5, 5.41) is 8.62. The molecule has 1 atom stereocenters. The normalized spacial score (nSPS) is 11.6. The van der Waals surface area contributed by atoms with Crippen LogP contribution in [-0.2, 0) is 6.42 Å². The number of nitrogens with two attached hydrogens (primary N) is 1. The van der Waals surface area contributed by atoms with Crippen LogP contribution in [0.25, 0.3) is 0 Å². The maximum absolute atomic E-state index is 8.62. The van der Waals surface area contributed by atoms with Gasteiger partial charge in [0.1, 0.15) is 11.9 Å². The van der Waals surface area contributed by atoms with Gasteiger partial charge in [0.2, 0.25) is 0 Å². The Hall–Kier alpha value is -2.47. The Kier molecular flexibility index (Phi) is 4.04. The van der Waals surface area contributed by atoms with Crippen molar-refractivity contribution in [3.8, 4) is 11.8 Å². The lowest BCUT2D eigenvalue weighted by atomic mass is 10.1. The fourth-order valence-corrected chi connectivity index (χ4v) is 1.86. The summed E-state index contributed by atoms with van der Waals surface area (Å²) < 4.78 is 5.85. The molecule has 2 aromatic rings. The average molecular weight is 252 g/mol. The van der Waals surface area contributed by atoms with Crippen molar-refractivity contribution in [1.82, 2.24) is 0 Å². The summed E-state index contributed by atoms with van der Waals surface area (Å²) in [5.74, 6) is 0.789. The van der Waals surface area contributed by atoms with Crippen LogP contribution in [0.5, 0.6) is 5.75 Å². The Bertz CT molecular complexity index is 584. The first-order valence-electron chi connectivity index (χ1n) is 6.17. The summed E-state index contributed by atoms with van der Waals surface area (Å²) >= 11 is 0. The van der Waals surface area contributed by atoms with E-state index in [1.165, 1.54) is 0 Å². The van der Waals surface area contributed by atoms with Crippen molar-refractivity contribution in [1.29, 1.82) is 5.26 Å². The molecule has 1 unspecified atom stereocenters. The molecule has 0 radical (unpaired) electrons. The molecule has 0 saturated carbocycles. The molecular weight excluding hydrogens is 236 g/mol. The second-order valence-electron chi connectivity index (χ2n) is 4.41. The molecule has 0 amide bonds. The Morgan fingerprint density at radius 2 is 1.95 bits per heavy atom. The van der Waals surface area contributed by atoms with E-state index in [0.29, 0.717) is 6.42 Å². The second kappa shape index (κ2) is 5.92. The molecule has 19 heavy (non-hydrogen) atoms. The highest BCUT2D eigenvalue weighted by Crippen LogP contribution is 2.23. The van der Waals surface area contributed by atoms with E-state index in [-0.39, 0.29) is 6.10 Å². The van der Waals surface area contributed by atoms with Gasteiger partial charge in [0.05, 0.1) is 12.5 Å². The molecule has 3 nitrogen and oxygen atoms in total. The van der Waals surface area contributed by atoms with Crippen LogP contribution in [0.2, 0.25) is 0 Å². The minimum atomic E-state index is -0.0645. The molecule has 0 aliphatic carbocycles. The maximum Gasteiger partial charge on any atom is 0.121 e. The van der Waals surface area contributed by atoms with Gasteiger partial charge in [0, 0.05) is 5.69 Å². The highest BCUT2D eigenvalue weighted by atomic mass is 16.5. The second-order valence-corrected chi connectivity index (χ2v) is 4.41. The third-order valence-electron chi connectivity index (χ3n) is 2.90. The number of nitrogen functional groups attached to an aromatic ring is 1. The van der Waals surface area contributed by atoms with Gasteiger partial charge >= 0.3 is 0 Å². The summed E-state index contributed by atoms with van der Waals surface area (Å²) in [7, 11) is 0. The van der Waals surface area contributed by atoms with Crippen LogP contribution < -0.4 is 10.5 Å². The van der Waals surface area contributed by atoms with Crippen molar-refractivity contribution in [3.05, 3.63) is 59.7 Å². The van der Waals surface area contributed by atoms with Crippen molar-refractivity contribution < 1.29 is 4.74 Å². The van der Waals surface area contributed by atoms with Crippen LogP contribution in [0.1, 0.15) is 24.2 Å². The van der Waals surface area contributed by atoms with Gasteiger partial charge in [-0.05, 0) is 42.3 Å². The number of nitriles is 1. The summed E-state index contributed by atoms with van der Waals surface area (Å²) in [6, 6.07) is 17.4. The number of hydrogen-bond acceptors (Lipinski definition) is 3. The van der Waals surface area contributed by atoms with Gasteiger partial charge in [-0.2, -0.15) is 5.26 Å². The number of rotatable bonds is 4. The molecule has 96 valence electrons. The molecule has 0 fully saturated rings. The highest BCUT2D eigenvalue weighted by Gasteiger charge is 2.07. The monoisotopic (exact) mass is 252 g/mol. The van der Waals surface area contributed by atoms with Crippen molar-refractivity contribution in [2.45, 2.75) is 19.4 Å². The molecular formula is C16H16N2O. The Morgan fingerprint density at radius 3 is 2.58 bits per heavy atom. The number of anilines is 1. The van der Waals surface area contributed by atoms with Gasteiger partial charge in [-0.3, -0.25) is 0 Å². The van der Waals surface area contributed by atoms with E-state index in [1.807, 2.05) is 55.5 Å². The molecule has 0 saturated heterocycles. The number of nitrogens with zero attached hydrogens (tertiary/aromatic N) is 1. The first-order valence-corrected chi connectivity index (χ1v) is 6.17. The molecule has 0 aliphatic rings. The van der Waals surface area contributed by atoms with E-state index in [9.17, 15) is 0 Å². The smallest absolute Gasteiger partial charge is 0.121 e. The zero-order valence-electron chi connectivity index (χ0n) is 10.8. The Balaban J connectivity index is 2.06. The van der Waals surface area contributed by atoms with Crippen LogP contribution in [0, 0.1) is 11.3 Å². The summed E-state index contributed by atoms with van der Waals surface area (Å²) in [6.45, 7) is 1.98. The van der Waals surface area contributed by atoms with Crippen molar-refractivity contribution in [2.75, 3.05) is 5.73 Å². The minimum Gasteiger partial charge on any atom is -0.486 e. The quantitative estimate of drug-likeness (QED) is 0.847. The molecule has 2 rings (SSSR count). The van der Waals surface area contributed by atoms with Gasteiger partial charge in [-0.15, -0.1) is 0 Å². The Morgan fingerprint density at radius 1 is 1.21 bits per heavy atom. The predicted molar refractivity (Wildman–Crippen MR) is 75.7 cm³/mol. The fourth-order valence-electron chi connectivity index (χ4n) is 1.86. The van der Waals surface area contributed by atoms with E-state index in [4.69, 9.17) is 15.7 Å². The molecule has 0 aliphatic heterocycles. The number of ether oxygens (including phenoxy) is 1. The summed E-state index contributed by atoms with van der Waals surface area (Å²) in [5.41, 5.74) is 8.53. The van der Waals surface area contributed by atoms with Gasteiger partial charge in [0.25, 0.3) is 0 Å². The standard InChI is InChI=1S/C16H16N2O/c1-12(14-3-2-4-15(18)11-14)19-16-7-5-13(6-8-16)9-10-17/h2-8,11-12H,9,18H2,1H3. The zero-order valence-corrected chi connectivity index (χ0v) is 10.8. The third kappa shape index (κ3) is 3.49. The Labute approximate surface area is 113 Å². The molecule has 0 aromatic heterocycles. The van der Waals surface area contributed by atoms with Gasteiger partial charge in [-0.1, -0.05) is 24.3 Å². The largest absolute Gasteiger partial charge is 0.486 e. The molecule has 0 spiro atoms. The molecule has 2 N–H and O–H groups in total. The first kappa shape index (κ1) is 13.0. The first-order chi connectivity index (χ1) is 9.19. The van der Waals surface area contributed by atoms with E-state index in [0.717, 1.165) is 22.6 Å². The van der Waals surface area contributed by atoms with E-state index < -0.39 is 0 Å². The fraction of sp³-hybridized carbons (Fsp3) is 0.188. The van der Waals surface area contributed by atoms with Crippen LogP contribution >= 0.6 is 0 Å². The van der Waals surface area contributed by atoms with E-state index >= 15 is 0 Å². The average Bonchev–Trinajstić information content (AvgIpc) is 2.41. The van der Waals surface area contributed by atoms with E-state index in [1.54, 1.807) is 0 Å². The van der Waals surface area contributed by atoms with Gasteiger partial charge in [-0.25, -0.2) is 0 Å². The molecule has 2 aromatic carbocycles. The molecule has 0 heterocycles. The third-order valence-corrected chi connectivity index (χ3v) is 2.90. The van der Waals surface area contributed by atoms with Gasteiger partial charge in [0.15, 0.2) is 0 Å². The van der Waals surface area contributed by atoms with Crippen LogP contribution in [-0.4, -0.2) is 0 Å². The van der Waals surface area contributed by atoms with Crippen molar-refractivity contribution in [2.24, 2.45) is 0 Å². The number of hydrogen-bond donors (Lipinski definition) is 1. The summed E-state index contributed by atoms with van der Waals surface area (Å²) in [6.07, 6.45) is 0.357. The summed E-state index contributed by atoms with van der Waals surface area (Å²) in [4.78, 5) is 0. The van der Waals surface area contributed by atoms with Crippen LogP contribution in [0.15, 0.2) is 48.5 Å². The lowest BCUT2D eigenvalue weighted by molar-refractivity contribution is 0.227. The SMILES string of the molecule is CC(Oc1ccc(CC#N)cc1)c1cccc(N)c1. The lowest BCUT2D eigenvalue weighted by Gasteiger charge is -2.15. The van der Waals surface area contributed by atoms with Crippen LogP contribution in [0.3, 0.4) is 0 Å². The zero-order chi connectivity index (χ0) is 13.7. The minimum absolute atomic E-state index is 0.0645. The maximum atomic E-state index is 8.62. The molecule has 3 heteroatoms. The van der Waals surface area contributed by atoms with Crippen LogP contribution in [0.4, 0.5) is 5.69 Å². The number of benzene rings is 2. The van der Waals surface area contributed by atoms with E-state index in [2.05, 4.69) is 6.07 Å². The predicted octanol–water partition coefficient (Wildman–Crippen LogP) is 3.47. The highest BCUT2D eigenvalue weighted by molar-refractivity contribution is 5.41. The topological polar surface area (TPSA) is 59.0 Å². The lowest BCUT2D eigenvalue weighted by Crippen LogP contribution is -2.03.